The first-order valence-electron chi connectivity index (χ1n) is 10.2. The van der Waals surface area contributed by atoms with Gasteiger partial charge in [-0.05, 0) is 30.7 Å². The van der Waals surface area contributed by atoms with Crippen LogP contribution in [0.2, 0.25) is 0 Å². The Hall–Kier alpha value is -2.17. The molecule has 3 amide bonds. The van der Waals surface area contributed by atoms with Crippen LogP contribution < -0.4 is 5.32 Å². The zero-order chi connectivity index (χ0) is 19.4. The number of hydrogen-bond acceptors (Lipinski definition) is 3. The van der Waals surface area contributed by atoms with Crippen molar-refractivity contribution in [2.45, 2.75) is 58.4 Å². The number of nitrogens with one attached hydrogen (secondary N) is 1. The number of carbonyl (C=O) groups excluding carboxylic acids is 3. The van der Waals surface area contributed by atoms with Gasteiger partial charge in [-0.15, -0.1) is 0 Å². The van der Waals surface area contributed by atoms with Crippen LogP contribution in [-0.4, -0.2) is 29.2 Å². The summed E-state index contributed by atoms with van der Waals surface area (Å²) in [7, 11) is 0. The van der Waals surface area contributed by atoms with E-state index in [1.165, 1.54) is 4.90 Å². The molecule has 1 aromatic rings. The standard InChI is InChI=1S/C22H30N2O3/c1-15(2)14-19(16-8-4-3-5-9-16)23-20(25)12-13-24-21(26)17-10-6-7-11-18(17)22(24)27/h3-5,8-9,15,17-19H,6-7,10-14H2,1-2H3,(H,23,25)/t17-,18+,19-/m0/s1. The van der Waals surface area contributed by atoms with Gasteiger partial charge >= 0.3 is 0 Å². The Morgan fingerprint density at radius 1 is 1.07 bits per heavy atom. The van der Waals surface area contributed by atoms with E-state index in [1.807, 2.05) is 30.3 Å². The summed E-state index contributed by atoms with van der Waals surface area (Å²) in [6, 6.07) is 9.89. The summed E-state index contributed by atoms with van der Waals surface area (Å²) in [5.74, 6) is -0.0986. The van der Waals surface area contributed by atoms with Gasteiger partial charge in [-0.2, -0.15) is 0 Å². The summed E-state index contributed by atoms with van der Waals surface area (Å²) >= 11 is 0. The molecule has 1 aliphatic heterocycles. The number of carbonyl (C=O) groups is 3. The minimum Gasteiger partial charge on any atom is -0.349 e. The lowest BCUT2D eigenvalue weighted by Gasteiger charge is -2.22. The van der Waals surface area contributed by atoms with Crippen molar-refractivity contribution in [2.24, 2.45) is 17.8 Å². The number of likely N-dealkylation sites (tertiary alicyclic amines) is 1. The van der Waals surface area contributed by atoms with Crippen LogP contribution in [0.15, 0.2) is 30.3 Å². The van der Waals surface area contributed by atoms with E-state index in [-0.39, 0.29) is 48.6 Å². The van der Waals surface area contributed by atoms with Crippen molar-refractivity contribution < 1.29 is 14.4 Å². The number of imide groups is 1. The highest BCUT2D eigenvalue weighted by molar-refractivity contribution is 6.05. The first-order valence-corrected chi connectivity index (χ1v) is 10.2. The van der Waals surface area contributed by atoms with Gasteiger partial charge in [0.15, 0.2) is 0 Å². The molecule has 2 fully saturated rings. The average Bonchev–Trinajstić information content (AvgIpc) is 2.91. The topological polar surface area (TPSA) is 66.5 Å². The molecule has 1 heterocycles. The number of benzene rings is 1. The molecule has 1 aromatic carbocycles. The van der Waals surface area contributed by atoms with Gasteiger partial charge in [-0.25, -0.2) is 0 Å². The van der Waals surface area contributed by atoms with E-state index in [4.69, 9.17) is 0 Å². The van der Waals surface area contributed by atoms with Crippen molar-refractivity contribution in [1.29, 1.82) is 0 Å². The fraction of sp³-hybridized carbons (Fsp3) is 0.591. The maximum Gasteiger partial charge on any atom is 0.233 e. The molecule has 1 saturated carbocycles. The van der Waals surface area contributed by atoms with Crippen molar-refractivity contribution >= 4 is 17.7 Å². The Balaban J connectivity index is 1.58. The van der Waals surface area contributed by atoms with Gasteiger partial charge in [0.1, 0.15) is 0 Å². The predicted molar refractivity (Wildman–Crippen MR) is 104 cm³/mol. The smallest absolute Gasteiger partial charge is 0.233 e. The highest BCUT2D eigenvalue weighted by Gasteiger charge is 2.47. The van der Waals surface area contributed by atoms with Crippen LogP contribution in [0.1, 0.15) is 64.0 Å². The summed E-state index contributed by atoms with van der Waals surface area (Å²) in [6.45, 7) is 4.45. The van der Waals surface area contributed by atoms with Crippen LogP contribution in [0.5, 0.6) is 0 Å². The minimum atomic E-state index is -0.146. The maximum absolute atomic E-state index is 12.5. The van der Waals surface area contributed by atoms with Crippen LogP contribution in [0, 0.1) is 17.8 Å². The lowest BCUT2D eigenvalue weighted by atomic mass is 9.81. The van der Waals surface area contributed by atoms with Crippen LogP contribution >= 0.6 is 0 Å². The summed E-state index contributed by atoms with van der Waals surface area (Å²) in [6.07, 6.45) is 4.66. The van der Waals surface area contributed by atoms with Gasteiger partial charge in [-0.3, -0.25) is 19.3 Å². The molecule has 5 heteroatoms. The third-order valence-corrected chi connectivity index (χ3v) is 5.74. The van der Waals surface area contributed by atoms with Crippen LogP contribution in [0.25, 0.3) is 0 Å². The number of fused-ring (bicyclic) bond motifs is 1. The predicted octanol–water partition coefficient (Wildman–Crippen LogP) is 3.46. The van der Waals surface area contributed by atoms with Gasteiger partial charge in [0.2, 0.25) is 17.7 Å². The maximum atomic E-state index is 12.5. The molecule has 27 heavy (non-hydrogen) atoms. The molecule has 0 aromatic heterocycles. The Morgan fingerprint density at radius 3 is 2.22 bits per heavy atom. The molecule has 3 atom stereocenters. The van der Waals surface area contributed by atoms with Crippen molar-refractivity contribution in [2.75, 3.05) is 6.54 Å². The molecular weight excluding hydrogens is 340 g/mol. The largest absolute Gasteiger partial charge is 0.349 e. The Bertz CT molecular complexity index is 662. The Morgan fingerprint density at radius 2 is 1.67 bits per heavy atom. The molecule has 2 aliphatic rings. The lowest BCUT2D eigenvalue weighted by Crippen LogP contribution is -2.36. The molecule has 3 rings (SSSR count). The molecule has 0 unspecified atom stereocenters. The quantitative estimate of drug-likeness (QED) is 0.748. The second-order valence-electron chi connectivity index (χ2n) is 8.24. The van der Waals surface area contributed by atoms with Gasteiger partial charge in [0, 0.05) is 13.0 Å². The molecule has 0 radical (unpaired) electrons. The summed E-state index contributed by atoms with van der Waals surface area (Å²) in [5.41, 5.74) is 1.08. The van der Waals surface area contributed by atoms with E-state index in [1.54, 1.807) is 0 Å². The Labute approximate surface area is 161 Å². The number of amides is 3. The molecule has 1 saturated heterocycles. The molecule has 1 N–H and O–H groups in total. The van der Waals surface area contributed by atoms with E-state index in [2.05, 4.69) is 19.2 Å². The molecule has 146 valence electrons. The second-order valence-corrected chi connectivity index (χ2v) is 8.24. The minimum absolute atomic E-state index is 0.0498. The number of hydrogen-bond donors (Lipinski definition) is 1. The SMILES string of the molecule is CC(C)C[C@H](NC(=O)CCN1C(=O)[C@H]2CCCC[C@H]2C1=O)c1ccccc1. The fourth-order valence-electron chi connectivity index (χ4n) is 4.37. The fourth-order valence-corrected chi connectivity index (χ4v) is 4.37. The molecule has 5 nitrogen and oxygen atoms in total. The highest BCUT2D eigenvalue weighted by atomic mass is 16.2. The molecule has 0 bridgehead atoms. The molecule has 1 aliphatic carbocycles. The van der Waals surface area contributed by atoms with E-state index >= 15 is 0 Å². The summed E-state index contributed by atoms with van der Waals surface area (Å²) < 4.78 is 0. The number of rotatable bonds is 7. The lowest BCUT2D eigenvalue weighted by molar-refractivity contribution is -0.140. The van der Waals surface area contributed by atoms with E-state index in [9.17, 15) is 14.4 Å². The number of nitrogens with zero attached hydrogens (tertiary/aromatic N) is 1. The van der Waals surface area contributed by atoms with Crippen molar-refractivity contribution in [3.05, 3.63) is 35.9 Å². The molecular formula is C22H30N2O3. The zero-order valence-corrected chi connectivity index (χ0v) is 16.3. The van der Waals surface area contributed by atoms with E-state index in [0.717, 1.165) is 37.7 Å². The third-order valence-electron chi connectivity index (χ3n) is 5.74. The van der Waals surface area contributed by atoms with Crippen LogP contribution in [0.3, 0.4) is 0 Å². The van der Waals surface area contributed by atoms with Gasteiger partial charge < -0.3 is 5.32 Å². The highest BCUT2D eigenvalue weighted by Crippen LogP contribution is 2.38. The van der Waals surface area contributed by atoms with Crippen molar-refractivity contribution in [1.82, 2.24) is 10.2 Å². The third kappa shape index (κ3) is 4.57. The molecule has 0 spiro atoms. The monoisotopic (exact) mass is 370 g/mol. The normalized spacial score (nSPS) is 23.4. The second kappa shape index (κ2) is 8.68. The van der Waals surface area contributed by atoms with Gasteiger partial charge in [0.25, 0.3) is 0 Å². The average molecular weight is 370 g/mol. The van der Waals surface area contributed by atoms with Crippen LogP contribution in [-0.2, 0) is 14.4 Å². The Kier molecular flexibility index (Phi) is 6.30. The summed E-state index contributed by atoms with van der Waals surface area (Å²) in [5, 5.41) is 3.09. The first kappa shape index (κ1) is 19.6. The van der Waals surface area contributed by atoms with E-state index < -0.39 is 0 Å². The van der Waals surface area contributed by atoms with Crippen LogP contribution in [0.4, 0.5) is 0 Å². The van der Waals surface area contributed by atoms with Gasteiger partial charge in [0.05, 0.1) is 17.9 Å². The first-order chi connectivity index (χ1) is 13.0. The summed E-state index contributed by atoms with van der Waals surface area (Å²) in [4.78, 5) is 38.9. The van der Waals surface area contributed by atoms with E-state index in [0.29, 0.717) is 5.92 Å². The zero-order valence-electron chi connectivity index (χ0n) is 16.3. The van der Waals surface area contributed by atoms with Crippen molar-refractivity contribution in [3.8, 4) is 0 Å². The van der Waals surface area contributed by atoms with Gasteiger partial charge in [-0.1, -0.05) is 57.0 Å². The van der Waals surface area contributed by atoms with Crippen molar-refractivity contribution in [3.63, 3.8) is 0 Å².